The molecule has 154 valence electrons. The molecule has 1 saturated heterocycles. The van der Waals surface area contributed by atoms with Crippen LogP contribution in [0.3, 0.4) is 0 Å². The molecule has 2 aromatic rings. The number of halogens is 1. The van der Waals surface area contributed by atoms with Gasteiger partial charge in [-0.2, -0.15) is 4.98 Å². The molecule has 0 saturated carbocycles. The Balaban J connectivity index is 0.00000280. The molecule has 0 aromatic carbocycles. The fraction of sp³-hybridized carbons (Fsp3) is 0.611. The van der Waals surface area contributed by atoms with Crippen molar-refractivity contribution in [3.8, 4) is 0 Å². The normalized spacial score (nSPS) is 14.9. The van der Waals surface area contributed by atoms with E-state index in [1.807, 2.05) is 6.07 Å². The van der Waals surface area contributed by atoms with Gasteiger partial charge in [0.2, 0.25) is 11.8 Å². The minimum atomic E-state index is 0. The van der Waals surface area contributed by atoms with Gasteiger partial charge in [0.1, 0.15) is 0 Å². The van der Waals surface area contributed by atoms with E-state index in [4.69, 9.17) is 9.52 Å². The fourth-order valence-corrected chi connectivity index (χ4v) is 2.86. The first-order valence-electron chi connectivity index (χ1n) is 9.55. The highest BCUT2D eigenvalue weighted by atomic mass is 127. The standard InChI is InChI=1S/C18H28N8O.HI/c1-4-19-17(22-9-6-15-23-16(14(2)3)24-27-15)25-10-12-26(13-11-25)18-20-7-5-8-21-18;/h5,7-8,14H,4,6,9-13H2,1-3H3,(H,19,22);1H. The topological polar surface area (TPSA) is 95.6 Å². The van der Waals surface area contributed by atoms with Gasteiger partial charge in [0.25, 0.3) is 0 Å². The number of hydrogen-bond acceptors (Lipinski definition) is 7. The summed E-state index contributed by atoms with van der Waals surface area (Å²) in [5, 5.41) is 7.37. The lowest BCUT2D eigenvalue weighted by Gasteiger charge is -2.36. The van der Waals surface area contributed by atoms with Crippen LogP contribution < -0.4 is 10.2 Å². The summed E-state index contributed by atoms with van der Waals surface area (Å²) in [4.78, 5) is 22.3. The van der Waals surface area contributed by atoms with Gasteiger partial charge in [-0.1, -0.05) is 19.0 Å². The van der Waals surface area contributed by atoms with Crippen molar-refractivity contribution in [2.24, 2.45) is 4.99 Å². The number of guanidine groups is 1. The second-order valence-electron chi connectivity index (χ2n) is 6.71. The summed E-state index contributed by atoms with van der Waals surface area (Å²) in [6.07, 6.45) is 4.21. The molecule has 0 bridgehead atoms. The maximum absolute atomic E-state index is 5.29. The van der Waals surface area contributed by atoms with Crippen LogP contribution in [0.25, 0.3) is 0 Å². The van der Waals surface area contributed by atoms with Crippen LogP contribution in [0.2, 0.25) is 0 Å². The van der Waals surface area contributed by atoms with E-state index in [0.29, 0.717) is 18.9 Å². The summed E-state index contributed by atoms with van der Waals surface area (Å²) in [5.41, 5.74) is 0. The molecule has 0 aliphatic carbocycles. The second kappa shape index (κ2) is 11.1. The van der Waals surface area contributed by atoms with Gasteiger partial charge < -0.3 is 19.6 Å². The van der Waals surface area contributed by atoms with Gasteiger partial charge in [-0.25, -0.2) is 9.97 Å². The Morgan fingerprint density at radius 2 is 1.93 bits per heavy atom. The predicted octanol–water partition coefficient (Wildman–Crippen LogP) is 1.93. The molecule has 1 aliphatic rings. The van der Waals surface area contributed by atoms with Gasteiger partial charge in [0.05, 0.1) is 6.54 Å². The number of anilines is 1. The first-order valence-corrected chi connectivity index (χ1v) is 9.55. The maximum Gasteiger partial charge on any atom is 0.228 e. The van der Waals surface area contributed by atoms with E-state index in [-0.39, 0.29) is 29.9 Å². The molecule has 1 aliphatic heterocycles. The molecule has 0 spiro atoms. The smallest absolute Gasteiger partial charge is 0.228 e. The van der Waals surface area contributed by atoms with Crippen LogP contribution in [-0.4, -0.2) is 70.2 Å². The quantitative estimate of drug-likeness (QED) is 0.366. The van der Waals surface area contributed by atoms with E-state index < -0.39 is 0 Å². The van der Waals surface area contributed by atoms with Crippen molar-refractivity contribution in [2.45, 2.75) is 33.1 Å². The van der Waals surface area contributed by atoms with Crippen molar-refractivity contribution in [1.29, 1.82) is 0 Å². The molecule has 1 N–H and O–H groups in total. The van der Waals surface area contributed by atoms with Crippen LogP contribution >= 0.6 is 24.0 Å². The molecule has 0 radical (unpaired) electrons. The SMILES string of the molecule is CCNC(=NCCc1nc(C(C)C)no1)N1CCN(c2ncccn2)CC1.I. The Kier molecular flexibility index (Phi) is 8.87. The molecule has 28 heavy (non-hydrogen) atoms. The summed E-state index contributed by atoms with van der Waals surface area (Å²) in [5.74, 6) is 3.38. The third kappa shape index (κ3) is 6.01. The highest BCUT2D eigenvalue weighted by molar-refractivity contribution is 14.0. The number of aromatic nitrogens is 4. The van der Waals surface area contributed by atoms with Crippen molar-refractivity contribution in [3.05, 3.63) is 30.2 Å². The molecule has 2 aromatic heterocycles. The Morgan fingerprint density at radius 3 is 2.54 bits per heavy atom. The lowest BCUT2D eigenvalue weighted by molar-refractivity contribution is 0.365. The molecule has 0 unspecified atom stereocenters. The summed E-state index contributed by atoms with van der Waals surface area (Å²) in [6, 6.07) is 1.84. The van der Waals surface area contributed by atoms with Crippen LogP contribution in [0.15, 0.2) is 28.0 Å². The first kappa shape index (κ1) is 22.3. The highest BCUT2D eigenvalue weighted by Gasteiger charge is 2.21. The first-order chi connectivity index (χ1) is 13.2. The average Bonchev–Trinajstić information content (AvgIpc) is 3.17. The molecule has 0 amide bonds. The molecular weight excluding hydrogens is 471 g/mol. The van der Waals surface area contributed by atoms with E-state index in [1.54, 1.807) is 12.4 Å². The van der Waals surface area contributed by atoms with Gasteiger partial charge in [0.15, 0.2) is 11.8 Å². The zero-order valence-corrected chi connectivity index (χ0v) is 19.0. The third-order valence-corrected chi connectivity index (χ3v) is 4.34. The number of hydrogen-bond donors (Lipinski definition) is 1. The van der Waals surface area contributed by atoms with Crippen molar-refractivity contribution in [3.63, 3.8) is 0 Å². The number of nitrogens with one attached hydrogen (secondary N) is 1. The lowest BCUT2D eigenvalue weighted by atomic mass is 10.2. The molecule has 3 rings (SSSR count). The maximum atomic E-state index is 5.29. The van der Waals surface area contributed by atoms with Gasteiger partial charge in [-0.15, -0.1) is 24.0 Å². The zero-order chi connectivity index (χ0) is 19.1. The summed E-state index contributed by atoms with van der Waals surface area (Å²) < 4.78 is 5.29. The fourth-order valence-electron chi connectivity index (χ4n) is 2.86. The van der Waals surface area contributed by atoms with Crippen LogP contribution in [0.5, 0.6) is 0 Å². The summed E-state index contributed by atoms with van der Waals surface area (Å²) in [6.45, 7) is 11.1. The lowest BCUT2D eigenvalue weighted by Crippen LogP contribution is -2.53. The molecule has 3 heterocycles. The Labute approximate surface area is 183 Å². The van der Waals surface area contributed by atoms with Crippen LogP contribution in [0.1, 0.15) is 38.4 Å². The van der Waals surface area contributed by atoms with E-state index in [2.05, 4.69) is 56.0 Å². The molecule has 1 fully saturated rings. The molecule has 0 atom stereocenters. The van der Waals surface area contributed by atoms with E-state index in [0.717, 1.165) is 50.5 Å². The van der Waals surface area contributed by atoms with Gasteiger partial charge in [-0.05, 0) is 13.0 Å². The minimum absolute atomic E-state index is 0. The monoisotopic (exact) mass is 500 g/mol. The van der Waals surface area contributed by atoms with Gasteiger partial charge >= 0.3 is 0 Å². The second-order valence-corrected chi connectivity index (χ2v) is 6.71. The summed E-state index contributed by atoms with van der Waals surface area (Å²) in [7, 11) is 0. The Hall–Kier alpha value is -1.98. The van der Waals surface area contributed by atoms with Crippen LogP contribution in [0.4, 0.5) is 5.95 Å². The zero-order valence-electron chi connectivity index (χ0n) is 16.7. The Bertz CT molecular complexity index is 728. The van der Waals surface area contributed by atoms with Crippen LogP contribution in [-0.2, 0) is 6.42 Å². The number of nitrogens with zero attached hydrogens (tertiary/aromatic N) is 7. The molecular formula is C18H29IN8O. The van der Waals surface area contributed by atoms with Gasteiger partial charge in [0, 0.05) is 57.5 Å². The van der Waals surface area contributed by atoms with Crippen molar-refractivity contribution < 1.29 is 4.52 Å². The molecule has 9 nitrogen and oxygen atoms in total. The van der Waals surface area contributed by atoms with E-state index >= 15 is 0 Å². The summed E-state index contributed by atoms with van der Waals surface area (Å²) >= 11 is 0. The largest absolute Gasteiger partial charge is 0.357 e. The van der Waals surface area contributed by atoms with Crippen LogP contribution in [0, 0.1) is 0 Å². The molecule has 10 heteroatoms. The van der Waals surface area contributed by atoms with Crippen molar-refractivity contribution in [1.82, 2.24) is 30.3 Å². The van der Waals surface area contributed by atoms with E-state index in [9.17, 15) is 0 Å². The van der Waals surface area contributed by atoms with Crippen molar-refractivity contribution in [2.75, 3.05) is 44.2 Å². The van der Waals surface area contributed by atoms with E-state index in [1.165, 1.54) is 0 Å². The third-order valence-electron chi connectivity index (χ3n) is 4.34. The number of aliphatic imine (C=N–C) groups is 1. The Morgan fingerprint density at radius 1 is 1.21 bits per heavy atom. The highest BCUT2D eigenvalue weighted by Crippen LogP contribution is 2.11. The van der Waals surface area contributed by atoms with Gasteiger partial charge in [-0.3, -0.25) is 4.99 Å². The number of rotatable bonds is 6. The number of piperazine rings is 1. The average molecular weight is 500 g/mol. The van der Waals surface area contributed by atoms with Crippen molar-refractivity contribution >= 4 is 35.9 Å². The predicted molar refractivity (Wildman–Crippen MR) is 119 cm³/mol. The minimum Gasteiger partial charge on any atom is -0.357 e.